The van der Waals surface area contributed by atoms with Crippen LogP contribution in [0.2, 0.25) is 0 Å². The lowest BCUT2D eigenvalue weighted by molar-refractivity contribution is -0.154. The first-order valence-electron chi connectivity index (χ1n) is 3.86. The van der Waals surface area contributed by atoms with Crippen molar-refractivity contribution in [1.82, 2.24) is 0 Å². The Morgan fingerprint density at radius 2 is 1.67 bits per heavy atom. The summed E-state index contributed by atoms with van der Waals surface area (Å²) in [4.78, 5) is 22.2. The molecule has 0 aromatic rings. The van der Waals surface area contributed by atoms with Gasteiger partial charge in [-0.1, -0.05) is 12.8 Å². The van der Waals surface area contributed by atoms with Crippen LogP contribution >= 0.6 is 0 Å². The van der Waals surface area contributed by atoms with Gasteiger partial charge in [-0.05, 0) is 6.42 Å². The molecule has 0 amide bonds. The van der Waals surface area contributed by atoms with Gasteiger partial charge in [-0.3, -0.25) is 9.59 Å². The number of nitrogens with zero attached hydrogens (tertiary/aromatic N) is 1. The highest BCUT2D eigenvalue weighted by molar-refractivity contribution is 5.95. The Labute approximate surface area is 87.0 Å². The van der Waals surface area contributed by atoms with Crippen LogP contribution in [0.5, 0.6) is 0 Å². The van der Waals surface area contributed by atoms with E-state index in [1.165, 1.54) is 0 Å². The summed E-state index contributed by atoms with van der Waals surface area (Å²) in [5.74, 6) is -3.15. The maximum atomic E-state index is 11.1. The third-order valence-corrected chi connectivity index (χ3v) is 1.43. The lowest BCUT2D eigenvalue weighted by Crippen LogP contribution is -2.26. The van der Waals surface area contributed by atoms with Gasteiger partial charge in [0, 0.05) is 6.42 Å². The van der Waals surface area contributed by atoms with Gasteiger partial charge in [0.1, 0.15) is 12.2 Å². The summed E-state index contributed by atoms with van der Waals surface area (Å²) in [7, 11) is 0. The van der Waals surface area contributed by atoms with Crippen LogP contribution in [0.15, 0.2) is 0 Å². The first kappa shape index (κ1) is 12.6. The van der Waals surface area contributed by atoms with Crippen molar-refractivity contribution in [3.8, 4) is 31.1 Å². The second kappa shape index (κ2) is 7.00. The molecule has 0 saturated heterocycles. The number of esters is 2. The maximum absolute atomic E-state index is 11.1. The number of nitriles is 1. The number of hydrogen-bond acceptors (Lipinski definition) is 5. The van der Waals surface area contributed by atoms with Gasteiger partial charge in [0.15, 0.2) is 5.92 Å². The zero-order chi connectivity index (χ0) is 11.7. The summed E-state index contributed by atoms with van der Waals surface area (Å²) in [5.41, 5.74) is 0. The predicted molar refractivity (Wildman–Crippen MR) is 48.2 cm³/mol. The summed E-state index contributed by atoms with van der Waals surface area (Å²) in [6, 6.07) is 1.77. The highest BCUT2D eigenvalue weighted by Gasteiger charge is 2.29. The molecule has 5 heteroatoms. The largest absolute Gasteiger partial charge is 0.372 e. The van der Waals surface area contributed by atoms with Gasteiger partial charge in [-0.2, -0.15) is 5.26 Å². The molecule has 15 heavy (non-hydrogen) atoms. The maximum Gasteiger partial charge on any atom is 0.334 e. The lowest BCUT2D eigenvalue weighted by Gasteiger charge is -2.07. The number of hydrogen-bond donors (Lipinski definition) is 0. The number of carbonyl (C=O) groups excluding carboxylic acids is 2. The van der Waals surface area contributed by atoms with Gasteiger partial charge in [-0.25, -0.2) is 0 Å². The molecule has 0 atom stereocenters. The Hall–Kier alpha value is -2.45. The van der Waals surface area contributed by atoms with Gasteiger partial charge in [-0.15, -0.1) is 0 Å². The fraction of sp³-hybridized carbons (Fsp3) is 0.300. The van der Waals surface area contributed by atoms with Gasteiger partial charge in [0.2, 0.25) is 0 Å². The highest BCUT2D eigenvalue weighted by Crippen LogP contribution is 2.10. The summed E-state index contributed by atoms with van der Waals surface area (Å²) < 4.78 is 8.36. The monoisotopic (exact) mass is 205 g/mol. The number of rotatable bonds is 4. The number of terminal acetylenes is 2. The third-order valence-electron chi connectivity index (χ3n) is 1.43. The fourth-order valence-corrected chi connectivity index (χ4v) is 0.799. The van der Waals surface area contributed by atoms with Crippen molar-refractivity contribution in [3.05, 3.63) is 0 Å². The Morgan fingerprint density at radius 1 is 1.20 bits per heavy atom. The minimum atomic E-state index is -1.25. The number of carbonyl (C=O) groups is 2. The highest BCUT2D eigenvalue weighted by atomic mass is 16.5. The van der Waals surface area contributed by atoms with Gasteiger partial charge in [0.05, 0.1) is 6.07 Å². The summed E-state index contributed by atoms with van der Waals surface area (Å²) in [6.45, 7) is 0. The molecule has 0 bridgehead atoms. The van der Waals surface area contributed by atoms with Crippen LogP contribution in [0.3, 0.4) is 0 Å². The minimum Gasteiger partial charge on any atom is -0.372 e. The molecular weight excluding hydrogens is 198 g/mol. The molecule has 0 unspecified atom stereocenters. The smallest absolute Gasteiger partial charge is 0.334 e. The average Bonchev–Trinajstić information content (AvgIpc) is 2.19. The first-order valence-corrected chi connectivity index (χ1v) is 3.86. The third kappa shape index (κ3) is 4.36. The summed E-state index contributed by atoms with van der Waals surface area (Å²) in [5, 5.41) is 8.30. The molecule has 0 saturated carbocycles. The molecule has 0 aromatic carbocycles. The van der Waals surface area contributed by atoms with E-state index in [1.54, 1.807) is 18.3 Å². The van der Waals surface area contributed by atoms with E-state index in [-0.39, 0.29) is 12.8 Å². The van der Waals surface area contributed by atoms with Crippen LogP contribution in [-0.2, 0) is 19.1 Å². The SMILES string of the molecule is C#COC(=O)C(CCC#N)C(=O)OC#C. The summed E-state index contributed by atoms with van der Waals surface area (Å²) >= 11 is 0. The Bertz CT molecular complexity index is 338. The van der Waals surface area contributed by atoms with Crippen LogP contribution in [0, 0.1) is 42.3 Å². The van der Waals surface area contributed by atoms with E-state index in [4.69, 9.17) is 18.1 Å². The topological polar surface area (TPSA) is 76.4 Å². The van der Waals surface area contributed by atoms with Crippen LogP contribution in [0.1, 0.15) is 12.8 Å². The van der Waals surface area contributed by atoms with Crippen molar-refractivity contribution in [1.29, 1.82) is 5.26 Å². The second-order valence-electron chi connectivity index (χ2n) is 2.33. The van der Waals surface area contributed by atoms with Gasteiger partial charge in [0.25, 0.3) is 0 Å². The molecule has 0 aliphatic carbocycles. The molecular formula is C10H7NO4. The minimum absolute atomic E-state index is 0.00991. The molecule has 0 aromatic heterocycles. The van der Waals surface area contributed by atoms with E-state index in [1.807, 2.05) is 0 Å². The van der Waals surface area contributed by atoms with E-state index in [0.29, 0.717) is 0 Å². The van der Waals surface area contributed by atoms with E-state index in [2.05, 4.69) is 9.47 Å². The second-order valence-corrected chi connectivity index (χ2v) is 2.33. The zero-order valence-electron chi connectivity index (χ0n) is 7.73. The van der Waals surface area contributed by atoms with Crippen LogP contribution < -0.4 is 0 Å². The van der Waals surface area contributed by atoms with Crippen molar-refractivity contribution in [2.45, 2.75) is 12.8 Å². The molecule has 0 N–H and O–H groups in total. The average molecular weight is 205 g/mol. The van der Waals surface area contributed by atoms with E-state index in [9.17, 15) is 9.59 Å². The quantitative estimate of drug-likeness (QED) is 0.371. The molecule has 0 rings (SSSR count). The van der Waals surface area contributed by atoms with Crippen LogP contribution in [0.4, 0.5) is 0 Å². The standard InChI is InChI=1S/C10H7NO4/c1-3-14-9(12)8(6-5-7-11)10(13)15-4-2/h1-2,8H,5-6H2. The molecule has 0 radical (unpaired) electrons. The molecule has 0 heterocycles. The normalized spacial score (nSPS) is 8.13. The molecule has 76 valence electrons. The van der Waals surface area contributed by atoms with Gasteiger partial charge < -0.3 is 9.47 Å². The van der Waals surface area contributed by atoms with E-state index < -0.39 is 17.9 Å². The van der Waals surface area contributed by atoms with Crippen molar-refractivity contribution < 1.29 is 19.1 Å². The van der Waals surface area contributed by atoms with E-state index in [0.717, 1.165) is 0 Å². The predicted octanol–water partition coefficient (Wildman–Crippen LogP) is 0.174. The molecule has 0 spiro atoms. The van der Waals surface area contributed by atoms with Crippen molar-refractivity contribution in [2.75, 3.05) is 0 Å². The molecule has 5 nitrogen and oxygen atoms in total. The van der Waals surface area contributed by atoms with Crippen LogP contribution in [-0.4, -0.2) is 11.9 Å². The van der Waals surface area contributed by atoms with Crippen molar-refractivity contribution >= 4 is 11.9 Å². The molecule has 0 fully saturated rings. The molecule has 0 aliphatic heterocycles. The van der Waals surface area contributed by atoms with Crippen molar-refractivity contribution in [3.63, 3.8) is 0 Å². The molecule has 0 aliphatic rings. The Balaban J connectivity index is 4.53. The van der Waals surface area contributed by atoms with Gasteiger partial charge >= 0.3 is 11.9 Å². The lowest BCUT2D eigenvalue weighted by atomic mass is 10.0. The first-order chi connectivity index (χ1) is 7.17. The Morgan fingerprint density at radius 3 is 2.00 bits per heavy atom. The van der Waals surface area contributed by atoms with E-state index >= 15 is 0 Å². The van der Waals surface area contributed by atoms with Crippen molar-refractivity contribution in [2.24, 2.45) is 5.92 Å². The fourth-order valence-electron chi connectivity index (χ4n) is 0.799. The van der Waals surface area contributed by atoms with Crippen LogP contribution in [0.25, 0.3) is 0 Å². The zero-order valence-corrected chi connectivity index (χ0v) is 7.73. The Kier molecular flexibility index (Phi) is 5.86. The number of ether oxygens (including phenoxy) is 2. The summed E-state index contributed by atoms with van der Waals surface area (Å²) in [6.07, 6.45) is 12.6.